The van der Waals surface area contributed by atoms with Gasteiger partial charge >= 0.3 is 0 Å². The topological polar surface area (TPSA) is 54.4 Å². The normalized spacial score (nSPS) is 13.0. The Balaban J connectivity index is 1.95. The van der Waals surface area contributed by atoms with Crippen LogP contribution in [0.1, 0.15) is 35.3 Å². The summed E-state index contributed by atoms with van der Waals surface area (Å²) in [6.45, 7) is 3.38. The van der Waals surface area contributed by atoms with Crippen molar-refractivity contribution in [2.24, 2.45) is 0 Å². The average Bonchev–Trinajstić information content (AvgIpc) is 2.68. The number of aliphatic hydroxyl groups excluding tert-OH is 1. The maximum atomic E-state index is 13.1. The van der Waals surface area contributed by atoms with Crippen molar-refractivity contribution in [3.05, 3.63) is 94.8 Å². The third-order valence-electron chi connectivity index (χ3n) is 4.54. The van der Waals surface area contributed by atoms with Crippen molar-refractivity contribution in [1.29, 1.82) is 0 Å². The maximum absolute atomic E-state index is 13.1. The molecule has 3 aromatic rings. The summed E-state index contributed by atoms with van der Waals surface area (Å²) in [7, 11) is -3.75. The Hall–Kier alpha value is -2.76. The number of sulfone groups is 1. The molecule has 0 saturated carbocycles. The second-order valence-electron chi connectivity index (χ2n) is 6.62. The van der Waals surface area contributed by atoms with Crippen LogP contribution >= 0.6 is 0 Å². The van der Waals surface area contributed by atoms with E-state index in [0.29, 0.717) is 5.56 Å². The summed E-state index contributed by atoms with van der Waals surface area (Å²) in [5.74, 6) is -0.291. The Morgan fingerprint density at radius 2 is 1.64 bits per heavy atom. The Morgan fingerprint density at radius 3 is 2.29 bits per heavy atom. The molecular weight excluding hydrogens is 375 g/mol. The summed E-state index contributed by atoms with van der Waals surface area (Å²) in [6.07, 6.45) is 2.83. The van der Waals surface area contributed by atoms with Gasteiger partial charge in [0.15, 0.2) is 0 Å². The first-order valence-electron chi connectivity index (χ1n) is 8.85. The molecule has 1 N–H and O–H groups in total. The summed E-state index contributed by atoms with van der Waals surface area (Å²) in [5, 5.41) is 9.91. The van der Waals surface area contributed by atoms with Gasteiger partial charge in [0.1, 0.15) is 5.82 Å². The van der Waals surface area contributed by atoms with Crippen LogP contribution in [-0.2, 0) is 9.84 Å². The van der Waals surface area contributed by atoms with Crippen LogP contribution in [0.4, 0.5) is 4.39 Å². The zero-order chi connectivity index (χ0) is 20.3. The Kier molecular flexibility index (Phi) is 5.77. The molecule has 3 aromatic carbocycles. The number of rotatable bonds is 5. The van der Waals surface area contributed by atoms with Gasteiger partial charge < -0.3 is 5.11 Å². The van der Waals surface area contributed by atoms with Crippen LogP contribution < -0.4 is 0 Å². The van der Waals surface area contributed by atoms with E-state index in [-0.39, 0.29) is 15.6 Å². The first kappa shape index (κ1) is 20.0. The number of benzene rings is 3. The molecule has 5 heteroatoms. The molecule has 0 radical (unpaired) electrons. The van der Waals surface area contributed by atoms with E-state index in [0.717, 1.165) is 16.7 Å². The van der Waals surface area contributed by atoms with E-state index in [1.807, 2.05) is 19.1 Å². The van der Waals surface area contributed by atoms with Crippen molar-refractivity contribution in [2.45, 2.75) is 29.7 Å². The molecule has 0 amide bonds. The molecule has 0 saturated heterocycles. The van der Waals surface area contributed by atoms with Gasteiger partial charge in [0.25, 0.3) is 0 Å². The second-order valence-corrected chi connectivity index (χ2v) is 8.54. The Labute approximate surface area is 164 Å². The van der Waals surface area contributed by atoms with Crippen molar-refractivity contribution < 1.29 is 17.9 Å². The SMILES string of the molecule is Cc1cc(S(=O)(=O)c2ccccc2[C@H](C)O)ccc1C=Cc1ccc(F)cc1. The van der Waals surface area contributed by atoms with E-state index in [9.17, 15) is 17.9 Å². The number of aryl methyl sites for hydroxylation is 1. The molecule has 28 heavy (non-hydrogen) atoms. The predicted molar refractivity (Wildman–Crippen MR) is 109 cm³/mol. The van der Waals surface area contributed by atoms with E-state index in [1.165, 1.54) is 18.2 Å². The van der Waals surface area contributed by atoms with E-state index in [1.54, 1.807) is 55.5 Å². The minimum atomic E-state index is -3.75. The average molecular weight is 396 g/mol. The predicted octanol–water partition coefficient (Wildman–Crippen LogP) is 5.19. The second kappa shape index (κ2) is 8.09. The first-order chi connectivity index (χ1) is 13.3. The zero-order valence-electron chi connectivity index (χ0n) is 15.6. The van der Waals surface area contributed by atoms with Gasteiger partial charge in [-0.15, -0.1) is 0 Å². The fourth-order valence-corrected chi connectivity index (χ4v) is 4.60. The van der Waals surface area contributed by atoms with Gasteiger partial charge in [0.05, 0.1) is 15.9 Å². The Bertz CT molecular complexity index is 1110. The summed E-state index contributed by atoms with van der Waals surface area (Å²) in [5.41, 5.74) is 2.89. The van der Waals surface area contributed by atoms with Crippen molar-refractivity contribution in [3.8, 4) is 0 Å². The van der Waals surface area contributed by atoms with Crippen LogP contribution in [0, 0.1) is 12.7 Å². The van der Waals surface area contributed by atoms with E-state index in [2.05, 4.69) is 0 Å². The molecular formula is C23H21FO3S. The van der Waals surface area contributed by atoms with Crippen LogP contribution in [0.5, 0.6) is 0 Å². The molecule has 0 aliphatic carbocycles. The highest BCUT2D eigenvalue weighted by Gasteiger charge is 2.23. The summed E-state index contributed by atoms with van der Waals surface area (Å²) >= 11 is 0. The minimum absolute atomic E-state index is 0.110. The van der Waals surface area contributed by atoms with Gasteiger partial charge in [-0.05, 0) is 66.4 Å². The Morgan fingerprint density at radius 1 is 0.964 bits per heavy atom. The van der Waals surface area contributed by atoms with Gasteiger partial charge in [-0.25, -0.2) is 12.8 Å². The maximum Gasteiger partial charge on any atom is 0.206 e. The van der Waals surface area contributed by atoms with Gasteiger partial charge in [0, 0.05) is 0 Å². The largest absolute Gasteiger partial charge is 0.389 e. The lowest BCUT2D eigenvalue weighted by Gasteiger charge is -2.13. The fraction of sp³-hybridized carbons (Fsp3) is 0.130. The lowest BCUT2D eigenvalue weighted by atomic mass is 10.1. The first-order valence-corrected chi connectivity index (χ1v) is 10.3. The third kappa shape index (κ3) is 4.21. The van der Waals surface area contributed by atoms with Crippen molar-refractivity contribution in [1.82, 2.24) is 0 Å². The summed E-state index contributed by atoms with van der Waals surface area (Å²) in [4.78, 5) is 0.288. The molecule has 0 aromatic heterocycles. The highest BCUT2D eigenvalue weighted by Crippen LogP contribution is 2.29. The number of aliphatic hydroxyl groups is 1. The minimum Gasteiger partial charge on any atom is -0.389 e. The smallest absolute Gasteiger partial charge is 0.206 e. The monoisotopic (exact) mass is 396 g/mol. The molecule has 0 aliphatic rings. The summed E-state index contributed by atoms with van der Waals surface area (Å²) < 4.78 is 39.1. The molecule has 0 aliphatic heterocycles. The lowest BCUT2D eigenvalue weighted by Crippen LogP contribution is -2.08. The quantitative estimate of drug-likeness (QED) is 0.604. The van der Waals surface area contributed by atoms with E-state index in [4.69, 9.17) is 0 Å². The van der Waals surface area contributed by atoms with E-state index >= 15 is 0 Å². The molecule has 0 bridgehead atoms. The van der Waals surface area contributed by atoms with E-state index < -0.39 is 15.9 Å². The highest BCUT2D eigenvalue weighted by atomic mass is 32.2. The molecule has 0 fully saturated rings. The zero-order valence-corrected chi connectivity index (χ0v) is 16.4. The van der Waals surface area contributed by atoms with Crippen LogP contribution in [0.2, 0.25) is 0 Å². The van der Waals surface area contributed by atoms with Crippen molar-refractivity contribution >= 4 is 22.0 Å². The van der Waals surface area contributed by atoms with Gasteiger partial charge in [0.2, 0.25) is 9.84 Å². The van der Waals surface area contributed by atoms with Crippen LogP contribution in [0.3, 0.4) is 0 Å². The molecule has 3 rings (SSSR count). The van der Waals surface area contributed by atoms with Gasteiger partial charge in [-0.2, -0.15) is 0 Å². The van der Waals surface area contributed by atoms with Crippen LogP contribution in [0.15, 0.2) is 76.5 Å². The molecule has 1 atom stereocenters. The third-order valence-corrected chi connectivity index (χ3v) is 6.36. The lowest BCUT2D eigenvalue weighted by molar-refractivity contribution is 0.196. The molecule has 144 valence electrons. The standard InChI is InChI=1S/C23H21FO3S/c1-16-15-21(28(26,27)23-6-4-3-5-22(23)17(2)25)14-11-19(16)10-7-18-8-12-20(24)13-9-18/h3-15,17,25H,1-2H3/t17-/m0/s1. The van der Waals surface area contributed by atoms with Crippen molar-refractivity contribution in [2.75, 3.05) is 0 Å². The van der Waals surface area contributed by atoms with Crippen molar-refractivity contribution in [3.63, 3.8) is 0 Å². The van der Waals surface area contributed by atoms with Gasteiger partial charge in [-0.1, -0.05) is 48.6 Å². The van der Waals surface area contributed by atoms with Crippen LogP contribution in [0.25, 0.3) is 12.2 Å². The molecule has 3 nitrogen and oxygen atoms in total. The highest BCUT2D eigenvalue weighted by molar-refractivity contribution is 7.91. The van der Waals surface area contributed by atoms with Gasteiger partial charge in [-0.3, -0.25) is 0 Å². The molecule has 0 unspecified atom stereocenters. The van der Waals surface area contributed by atoms with Crippen LogP contribution in [-0.4, -0.2) is 13.5 Å². The molecule has 0 spiro atoms. The fourth-order valence-electron chi connectivity index (χ4n) is 2.96. The number of hydrogen-bond acceptors (Lipinski definition) is 3. The summed E-state index contributed by atoms with van der Waals surface area (Å²) in [6, 6.07) is 17.5. The number of halogens is 1. The number of hydrogen-bond donors (Lipinski definition) is 1. The molecule has 0 heterocycles.